The van der Waals surface area contributed by atoms with Crippen molar-refractivity contribution in [3.05, 3.63) is 22.4 Å². The van der Waals surface area contributed by atoms with E-state index in [0.29, 0.717) is 25.6 Å². The molecule has 2 unspecified atom stereocenters. The Bertz CT molecular complexity index is 381. The average molecular weight is 254 g/mol. The van der Waals surface area contributed by atoms with Crippen LogP contribution in [0.3, 0.4) is 0 Å². The molecule has 0 radical (unpaired) electrons. The molecule has 2 atom stereocenters. The lowest BCUT2D eigenvalue weighted by atomic mass is 9.96. The van der Waals surface area contributed by atoms with E-state index in [9.17, 15) is 9.90 Å². The van der Waals surface area contributed by atoms with E-state index in [1.165, 1.54) is 4.88 Å². The molecule has 0 amide bonds. The van der Waals surface area contributed by atoms with Gasteiger partial charge in [0.05, 0.1) is 0 Å². The number of thiophene rings is 1. The van der Waals surface area contributed by atoms with Gasteiger partial charge in [0, 0.05) is 24.0 Å². The molecule has 5 heteroatoms. The van der Waals surface area contributed by atoms with Gasteiger partial charge in [-0.3, -0.25) is 10.1 Å². The minimum atomic E-state index is -0.793. The number of likely N-dealkylation sites (tertiary alicyclic amines) is 1. The summed E-state index contributed by atoms with van der Waals surface area (Å²) in [6.07, 6.45) is 0.657. The van der Waals surface area contributed by atoms with E-state index in [4.69, 9.17) is 0 Å². The van der Waals surface area contributed by atoms with E-state index in [-0.39, 0.29) is 0 Å². The summed E-state index contributed by atoms with van der Waals surface area (Å²) in [5, 5.41) is 14.7. The Kier molecular flexibility index (Phi) is 3.51. The fourth-order valence-electron chi connectivity index (χ4n) is 2.33. The maximum absolute atomic E-state index is 11.5. The third kappa shape index (κ3) is 2.51. The lowest BCUT2D eigenvalue weighted by molar-refractivity contribution is -0.144. The lowest BCUT2D eigenvalue weighted by Crippen LogP contribution is -2.53. The maximum atomic E-state index is 11.5. The molecule has 1 aliphatic rings. The molecule has 2 N–H and O–H groups in total. The van der Waals surface area contributed by atoms with E-state index in [0.717, 1.165) is 0 Å². The maximum Gasteiger partial charge on any atom is 0.325 e. The quantitative estimate of drug-likeness (QED) is 0.852. The Morgan fingerprint density at radius 3 is 3.00 bits per heavy atom. The number of carbonyl (C=O) groups is 1. The SMILES string of the molecule is CC1CC(NCc2cccs2)(C(=O)O)CN1C. The molecule has 0 saturated carbocycles. The minimum Gasteiger partial charge on any atom is -0.480 e. The van der Waals surface area contributed by atoms with Crippen LogP contribution in [0.5, 0.6) is 0 Å². The normalized spacial score (nSPS) is 29.6. The number of nitrogens with zero attached hydrogens (tertiary/aromatic N) is 1. The van der Waals surface area contributed by atoms with Crippen LogP contribution in [0.4, 0.5) is 0 Å². The predicted octanol–water partition coefficient (Wildman–Crippen LogP) is 1.39. The van der Waals surface area contributed by atoms with E-state index < -0.39 is 11.5 Å². The van der Waals surface area contributed by atoms with Gasteiger partial charge in [-0.25, -0.2) is 0 Å². The average Bonchev–Trinajstić information content (AvgIpc) is 2.86. The van der Waals surface area contributed by atoms with Gasteiger partial charge in [-0.15, -0.1) is 11.3 Å². The number of carboxylic acids is 1. The van der Waals surface area contributed by atoms with Crippen molar-refractivity contribution in [1.29, 1.82) is 0 Å². The van der Waals surface area contributed by atoms with E-state index in [1.54, 1.807) is 11.3 Å². The summed E-state index contributed by atoms with van der Waals surface area (Å²) in [4.78, 5) is 14.8. The zero-order valence-corrected chi connectivity index (χ0v) is 11.0. The number of hydrogen-bond acceptors (Lipinski definition) is 4. The lowest BCUT2D eigenvalue weighted by Gasteiger charge is -2.25. The molecule has 0 aromatic carbocycles. The Labute approximate surface area is 105 Å². The van der Waals surface area contributed by atoms with Crippen LogP contribution in [-0.4, -0.2) is 41.1 Å². The van der Waals surface area contributed by atoms with Gasteiger partial charge in [0.1, 0.15) is 5.54 Å². The summed E-state index contributed by atoms with van der Waals surface area (Å²) in [5.41, 5.74) is -0.793. The van der Waals surface area contributed by atoms with Crippen molar-refractivity contribution < 1.29 is 9.90 Å². The van der Waals surface area contributed by atoms with Gasteiger partial charge in [0.15, 0.2) is 0 Å². The number of aliphatic carboxylic acids is 1. The highest BCUT2D eigenvalue weighted by molar-refractivity contribution is 7.09. The summed E-state index contributed by atoms with van der Waals surface area (Å²) in [6.45, 7) is 3.26. The largest absolute Gasteiger partial charge is 0.480 e. The summed E-state index contributed by atoms with van der Waals surface area (Å²) < 4.78 is 0. The summed E-state index contributed by atoms with van der Waals surface area (Å²) in [5.74, 6) is -0.745. The molecule has 1 aliphatic heterocycles. The van der Waals surface area contributed by atoms with Crippen LogP contribution >= 0.6 is 11.3 Å². The molecular weight excluding hydrogens is 236 g/mol. The molecule has 94 valence electrons. The Hall–Kier alpha value is -0.910. The molecule has 0 bridgehead atoms. The fourth-order valence-corrected chi connectivity index (χ4v) is 2.98. The fraction of sp³-hybridized carbons (Fsp3) is 0.583. The second-order valence-electron chi connectivity index (χ2n) is 4.79. The first-order chi connectivity index (χ1) is 8.03. The smallest absolute Gasteiger partial charge is 0.325 e. The standard InChI is InChI=1S/C12H18N2O2S/c1-9-6-12(11(15)16,8-14(9)2)13-7-10-4-3-5-17-10/h3-5,9,13H,6-8H2,1-2H3,(H,15,16). The predicted molar refractivity (Wildman–Crippen MR) is 68.2 cm³/mol. The molecule has 0 aliphatic carbocycles. The van der Waals surface area contributed by atoms with Gasteiger partial charge in [-0.05, 0) is 31.8 Å². The molecule has 1 aromatic heterocycles. The summed E-state index contributed by atoms with van der Waals surface area (Å²) >= 11 is 1.65. The van der Waals surface area contributed by atoms with E-state index >= 15 is 0 Å². The molecule has 2 rings (SSSR count). The van der Waals surface area contributed by atoms with Crippen LogP contribution in [0.2, 0.25) is 0 Å². The number of rotatable bonds is 4. The second kappa shape index (κ2) is 4.76. The van der Waals surface area contributed by atoms with Crippen LogP contribution in [0.1, 0.15) is 18.2 Å². The van der Waals surface area contributed by atoms with Crippen molar-refractivity contribution in [2.75, 3.05) is 13.6 Å². The van der Waals surface area contributed by atoms with Crippen LogP contribution in [-0.2, 0) is 11.3 Å². The number of likely N-dealkylation sites (N-methyl/N-ethyl adjacent to an activating group) is 1. The third-order valence-electron chi connectivity index (χ3n) is 3.51. The highest BCUT2D eigenvalue weighted by Crippen LogP contribution is 2.26. The molecule has 1 fully saturated rings. The second-order valence-corrected chi connectivity index (χ2v) is 5.82. The summed E-state index contributed by atoms with van der Waals surface area (Å²) in [6, 6.07) is 4.32. The van der Waals surface area contributed by atoms with Crippen molar-refractivity contribution in [2.45, 2.75) is 31.5 Å². The first-order valence-electron chi connectivity index (χ1n) is 5.74. The van der Waals surface area contributed by atoms with Crippen LogP contribution < -0.4 is 5.32 Å². The van der Waals surface area contributed by atoms with E-state index in [2.05, 4.69) is 17.1 Å². The zero-order chi connectivity index (χ0) is 12.5. The van der Waals surface area contributed by atoms with Crippen molar-refractivity contribution in [2.24, 2.45) is 0 Å². The molecule has 0 spiro atoms. The van der Waals surface area contributed by atoms with Crippen molar-refractivity contribution in [3.63, 3.8) is 0 Å². The van der Waals surface area contributed by atoms with Crippen molar-refractivity contribution in [1.82, 2.24) is 10.2 Å². The first-order valence-corrected chi connectivity index (χ1v) is 6.62. The number of hydrogen-bond donors (Lipinski definition) is 2. The van der Waals surface area contributed by atoms with Crippen LogP contribution in [0.15, 0.2) is 17.5 Å². The summed E-state index contributed by atoms with van der Waals surface area (Å²) in [7, 11) is 1.97. The Morgan fingerprint density at radius 2 is 2.53 bits per heavy atom. The van der Waals surface area contributed by atoms with Gasteiger partial charge >= 0.3 is 5.97 Å². The highest BCUT2D eigenvalue weighted by atomic mass is 32.1. The Morgan fingerprint density at radius 1 is 1.76 bits per heavy atom. The molecule has 4 nitrogen and oxygen atoms in total. The van der Waals surface area contributed by atoms with Crippen molar-refractivity contribution in [3.8, 4) is 0 Å². The van der Waals surface area contributed by atoms with Gasteiger partial charge in [0.25, 0.3) is 0 Å². The Balaban J connectivity index is 2.06. The molecular formula is C12H18N2O2S. The van der Waals surface area contributed by atoms with E-state index in [1.807, 2.05) is 24.6 Å². The number of carboxylic acid groups (broad SMARTS) is 1. The zero-order valence-electron chi connectivity index (χ0n) is 10.1. The van der Waals surface area contributed by atoms with Crippen LogP contribution in [0, 0.1) is 0 Å². The van der Waals surface area contributed by atoms with Crippen molar-refractivity contribution >= 4 is 17.3 Å². The van der Waals surface area contributed by atoms with Gasteiger partial charge in [0.2, 0.25) is 0 Å². The minimum absolute atomic E-state index is 0.307. The molecule has 1 saturated heterocycles. The first kappa shape index (κ1) is 12.5. The van der Waals surface area contributed by atoms with Crippen LogP contribution in [0.25, 0.3) is 0 Å². The monoisotopic (exact) mass is 254 g/mol. The van der Waals surface area contributed by atoms with Gasteiger partial charge in [-0.1, -0.05) is 6.07 Å². The topological polar surface area (TPSA) is 52.6 Å². The molecule has 2 heterocycles. The molecule has 1 aromatic rings. The third-order valence-corrected chi connectivity index (χ3v) is 4.38. The molecule has 17 heavy (non-hydrogen) atoms. The van der Waals surface area contributed by atoms with Gasteiger partial charge in [-0.2, -0.15) is 0 Å². The number of nitrogens with one attached hydrogen (secondary N) is 1. The highest BCUT2D eigenvalue weighted by Gasteiger charge is 2.46. The van der Waals surface area contributed by atoms with Gasteiger partial charge < -0.3 is 10.0 Å².